The lowest BCUT2D eigenvalue weighted by Crippen LogP contribution is -2.41. The highest BCUT2D eigenvalue weighted by Gasteiger charge is 2.29. The summed E-state index contributed by atoms with van der Waals surface area (Å²) in [5.74, 6) is 2.82. The minimum Gasteiger partial charge on any atom is -0.493 e. The van der Waals surface area contributed by atoms with E-state index in [-0.39, 0.29) is 11.8 Å². The zero-order chi connectivity index (χ0) is 17.5. The zero-order valence-corrected chi connectivity index (χ0v) is 14.9. The van der Waals surface area contributed by atoms with Crippen molar-refractivity contribution in [3.8, 4) is 5.75 Å². The van der Waals surface area contributed by atoms with Crippen LogP contribution < -0.4 is 20.7 Å². The standard InChI is InChI=1S/C19H28N4O2/c1-20-19(22-11-10-21-18(24)15-8-9-15)23-12-16-4-2-3-5-17(16)25-13-14-6-7-14/h2-5,14-15H,6-13H2,1H3,(H,21,24)(H2,20,22,23). The number of ether oxygens (including phenoxy) is 1. The number of hydrogen-bond acceptors (Lipinski definition) is 3. The molecule has 1 amide bonds. The lowest BCUT2D eigenvalue weighted by Gasteiger charge is -2.15. The number of carbonyl (C=O) groups is 1. The fraction of sp³-hybridized carbons (Fsp3) is 0.579. The maximum Gasteiger partial charge on any atom is 0.223 e. The summed E-state index contributed by atoms with van der Waals surface area (Å²) in [6, 6.07) is 8.10. The van der Waals surface area contributed by atoms with Crippen LogP contribution in [0.15, 0.2) is 29.3 Å². The van der Waals surface area contributed by atoms with Crippen LogP contribution in [0, 0.1) is 11.8 Å². The van der Waals surface area contributed by atoms with Crippen LogP contribution >= 0.6 is 0 Å². The van der Waals surface area contributed by atoms with E-state index in [1.165, 1.54) is 12.8 Å². The minimum absolute atomic E-state index is 0.173. The maximum atomic E-state index is 11.6. The largest absolute Gasteiger partial charge is 0.493 e. The van der Waals surface area contributed by atoms with E-state index in [0.717, 1.165) is 42.6 Å². The third-order valence-electron chi connectivity index (χ3n) is 4.48. The molecule has 0 radical (unpaired) electrons. The fourth-order valence-corrected chi connectivity index (χ4v) is 2.54. The molecule has 6 nitrogen and oxygen atoms in total. The first-order chi connectivity index (χ1) is 12.3. The molecular weight excluding hydrogens is 316 g/mol. The summed E-state index contributed by atoms with van der Waals surface area (Å²) in [5, 5.41) is 9.45. The van der Waals surface area contributed by atoms with Gasteiger partial charge in [-0.25, -0.2) is 0 Å². The third kappa shape index (κ3) is 5.96. The Hall–Kier alpha value is -2.24. The van der Waals surface area contributed by atoms with Gasteiger partial charge in [0.1, 0.15) is 5.75 Å². The molecule has 0 aliphatic heterocycles. The van der Waals surface area contributed by atoms with Crippen LogP contribution in [0.1, 0.15) is 31.2 Å². The normalized spacial score (nSPS) is 17.1. The van der Waals surface area contributed by atoms with Crippen molar-refractivity contribution in [3.63, 3.8) is 0 Å². The SMILES string of the molecule is CN=C(NCCNC(=O)C1CC1)NCc1ccccc1OCC1CC1. The second-order valence-electron chi connectivity index (χ2n) is 6.78. The molecule has 25 heavy (non-hydrogen) atoms. The number of benzene rings is 1. The Morgan fingerprint density at radius 1 is 1.12 bits per heavy atom. The molecule has 0 spiro atoms. The molecule has 0 aromatic heterocycles. The van der Waals surface area contributed by atoms with E-state index in [4.69, 9.17) is 4.74 Å². The molecule has 0 heterocycles. The van der Waals surface area contributed by atoms with Gasteiger partial charge in [0.05, 0.1) is 6.61 Å². The Bertz CT molecular complexity index is 609. The molecule has 2 fully saturated rings. The van der Waals surface area contributed by atoms with Crippen LogP contribution in [0.5, 0.6) is 5.75 Å². The molecular formula is C19H28N4O2. The summed E-state index contributed by atoms with van der Waals surface area (Å²) in [6.45, 7) is 2.72. The number of carbonyl (C=O) groups excluding carboxylic acids is 1. The minimum atomic E-state index is 0.173. The van der Waals surface area contributed by atoms with E-state index >= 15 is 0 Å². The molecule has 2 aliphatic rings. The highest BCUT2D eigenvalue weighted by Crippen LogP contribution is 2.30. The molecule has 0 bridgehead atoms. The fourth-order valence-electron chi connectivity index (χ4n) is 2.54. The number of para-hydroxylation sites is 1. The van der Waals surface area contributed by atoms with Crippen molar-refractivity contribution in [1.29, 1.82) is 0 Å². The quantitative estimate of drug-likeness (QED) is 0.362. The smallest absolute Gasteiger partial charge is 0.223 e. The van der Waals surface area contributed by atoms with E-state index in [1.54, 1.807) is 7.05 Å². The monoisotopic (exact) mass is 344 g/mol. The molecule has 0 atom stereocenters. The van der Waals surface area contributed by atoms with Crippen LogP contribution in [-0.4, -0.2) is 38.6 Å². The number of rotatable bonds is 9. The molecule has 136 valence electrons. The predicted molar refractivity (Wildman–Crippen MR) is 98.6 cm³/mol. The average Bonchev–Trinajstić information content (AvgIpc) is 3.53. The van der Waals surface area contributed by atoms with E-state index in [9.17, 15) is 4.79 Å². The van der Waals surface area contributed by atoms with Gasteiger partial charge < -0.3 is 20.7 Å². The molecule has 0 saturated heterocycles. The summed E-state index contributed by atoms with van der Waals surface area (Å²) in [5.41, 5.74) is 1.12. The van der Waals surface area contributed by atoms with Crippen LogP contribution in [-0.2, 0) is 11.3 Å². The number of nitrogens with zero attached hydrogens (tertiary/aromatic N) is 1. The molecule has 3 N–H and O–H groups in total. The second-order valence-corrected chi connectivity index (χ2v) is 6.78. The molecule has 2 aliphatic carbocycles. The molecule has 2 saturated carbocycles. The van der Waals surface area contributed by atoms with E-state index in [2.05, 4.69) is 27.0 Å². The summed E-state index contributed by atoms with van der Waals surface area (Å²) in [6.07, 6.45) is 4.64. The molecule has 1 aromatic carbocycles. The number of amides is 1. The second kappa shape index (κ2) is 8.74. The molecule has 3 rings (SSSR count). The lowest BCUT2D eigenvalue weighted by atomic mass is 10.2. The highest BCUT2D eigenvalue weighted by atomic mass is 16.5. The van der Waals surface area contributed by atoms with E-state index < -0.39 is 0 Å². The van der Waals surface area contributed by atoms with Crippen molar-refractivity contribution >= 4 is 11.9 Å². The summed E-state index contributed by atoms with van der Waals surface area (Å²) < 4.78 is 5.93. The van der Waals surface area contributed by atoms with Crippen LogP contribution in [0.2, 0.25) is 0 Å². The van der Waals surface area contributed by atoms with Gasteiger partial charge in [0, 0.05) is 38.2 Å². The van der Waals surface area contributed by atoms with Crippen molar-refractivity contribution in [1.82, 2.24) is 16.0 Å². The van der Waals surface area contributed by atoms with Gasteiger partial charge in [-0.15, -0.1) is 0 Å². The Labute approximate surface area is 149 Å². The number of hydrogen-bond donors (Lipinski definition) is 3. The summed E-state index contributed by atoms with van der Waals surface area (Å²) in [4.78, 5) is 15.8. The van der Waals surface area contributed by atoms with Gasteiger partial charge in [-0.2, -0.15) is 0 Å². The summed E-state index contributed by atoms with van der Waals surface area (Å²) in [7, 11) is 1.74. The lowest BCUT2D eigenvalue weighted by molar-refractivity contribution is -0.122. The van der Waals surface area contributed by atoms with Crippen molar-refractivity contribution in [3.05, 3.63) is 29.8 Å². The van der Waals surface area contributed by atoms with Gasteiger partial charge >= 0.3 is 0 Å². The topological polar surface area (TPSA) is 74.8 Å². The third-order valence-corrected chi connectivity index (χ3v) is 4.48. The first-order valence-corrected chi connectivity index (χ1v) is 9.19. The Balaban J connectivity index is 1.38. The molecule has 6 heteroatoms. The number of aliphatic imine (C=N–C) groups is 1. The van der Waals surface area contributed by atoms with Gasteiger partial charge in [-0.1, -0.05) is 18.2 Å². The summed E-state index contributed by atoms with van der Waals surface area (Å²) >= 11 is 0. The molecule has 1 aromatic rings. The Kier molecular flexibility index (Phi) is 6.14. The predicted octanol–water partition coefficient (Wildman–Crippen LogP) is 1.67. The van der Waals surface area contributed by atoms with Crippen molar-refractivity contribution in [2.24, 2.45) is 16.8 Å². The number of guanidine groups is 1. The van der Waals surface area contributed by atoms with Gasteiger partial charge in [0.2, 0.25) is 5.91 Å². The van der Waals surface area contributed by atoms with Gasteiger partial charge in [0.25, 0.3) is 0 Å². The first-order valence-electron chi connectivity index (χ1n) is 9.19. The highest BCUT2D eigenvalue weighted by molar-refractivity contribution is 5.81. The van der Waals surface area contributed by atoms with Gasteiger partial charge in [-0.05, 0) is 37.7 Å². The van der Waals surface area contributed by atoms with E-state index in [1.807, 2.05) is 18.2 Å². The van der Waals surface area contributed by atoms with Crippen LogP contribution in [0.4, 0.5) is 0 Å². The van der Waals surface area contributed by atoms with Crippen molar-refractivity contribution < 1.29 is 9.53 Å². The maximum absolute atomic E-state index is 11.6. The van der Waals surface area contributed by atoms with E-state index in [0.29, 0.717) is 19.6 Å². The van der Waals surface area contributed by atoms with Crippen molar-refractivity contribution in [2.45, 2.75) is 32.2 Å². The van der Waals surface area contributed by atoms with Gasteiger partial charge in [0.15, 0.2) is 5.96 Å². The molecule has 0 unspecified atom stereocenters. The Morgan fingerprint density at radius 2 is 1.88 bits per heavy atom. The van der Waals surface area contributed by atoms with Gasteiger partial charge in [-0.3, -0.25) is 9.79 Å². The first kappa shape index (κ1) is 17.6. The number of nitrogens with one attached hydrogen (secondary N) is 3. The Morgan fingerprint density at radius 3 is 2.60 bits per heavy atom. The van der Waals surface area contributed by atoms with Crippen molar-refractivity contribution in [2.75, 3.05) is 26.7 Å². The average molecular weight is 344 g/mol. The zero-order valence-electron chi connectivity index (χ0n) is 14.9. The van der Waals surface area contributed by atoms with Crippen LogP contribution in [0.3, 0.4) is 0 Å². The van der Waals surface area contributed by atoms with Crippen LogP contribution in [0.25, 0.3) is 0 Å².